The summed E-state index contributed by atoms with van der Waals surface area (Å²) >= 11 is 0. The fourth-order valence-electron chi connectivity index (χ4n) is 3.32. The molecule has 2 aromatic heterocycles. The number of aryl methyl sites for hydroxylation is 1. The molecule has 0 saturated carbocycles. The maximum absolute atomic E-state index is 13.1. The van der Waals surface area contributed by atoms with Crippen molar-refractivity contribution in [2.75, 3.05) is 13.1 Å². The molecule has 0 bridgehead atoms. The van der Waals surface area contributed by atoms with Gasteiger partial charge < -0.3 is 4.98 Å². The van der Waals surface area contributed by atoms with Crippen molar-refractivity contribution in [3.8, 4) is 0 Å². The summed E-state index contributed by atoms with van der Waals surface area (Å²) in [5.74, 6) is 0.981. The van der Waals surface area contributed by atoms with Crippen LogP contribution in [0.15, 0.2) is 17.3 Å². The van der Waals surface area contributed by atoms with Crippen molar-refractivity contribution in [1.82, 2.24) is 24.1 Å². The summed E-state index contributed by atoms with van der Waals surface area (Å²) in [7, 11) is -3.53. The van der Waals surface area contributed by atoms with Crippen molar-refractivity contribution in [2.45, 2.75) is 51.0 Å². The first-order valence-corrected chi connectivity index (χ1v) is 9.31. The number of sulfonamides is 1. The van der Waals surface area contributed by atoms with Gasteiger partial charge in [-0.05, 0) is 34.1 Å². The van der Waals surface area contributed by atoms with Crippen molar-refractivity contribution in [2.24, 2.45) is 0 Å². The zero-order chi connectivity index (χ0) is 16.8. The molecule has 3 heterocycles. The van der Waals surface area contributed by atoms with Crippen molar-refractivity contribution >= 4 is 10.0 Å². The topological polar surface area (TPSA) is 83.9 Å². The van der Waals surface area contributed by atoms with Gasteiger partial charge in [0.25, 0.3) is 0 Å². The lowest BCUT2D eigenvalue weighted by Crippen LogP contribution is -2.29. The quantitative estimate of drug-likeness (QED) is 0.924. The Kier molecular flexibility index (Phi) is 4.05. The van der Waals surface area contributed by atoms with Crippen molar-refractivity contribution in [1.29, 1.82) is 0 Å². The first kappa shape index (κ1) is 16.2. The number of hydrogen-bond acceptors (Lipinski definition) is 4. The van der Waals surface area contributed by atoms with Gasteiger partial charge in [0.2, 0.25) is 10.0 Å². The number of rotatable bonds is 4. The second-order valence-corrected chi connectivity index (χ2v) is 8.24. The molecule has 0 aliphatic carbocycles. The Bertz CT molecular complexity index is 792. The largest absolute Gasteiger partial charge is 0.348 e. The van der Waals surface area contributed by atoms with E-state index in [1.54, 1.807) is 28.3 Å². The number of aromatic nitrogens is 4. The Morgan fingerprint density at radius 3 is 2.65 bits per heavy atom. The van der Waals surface area contributed by atoms with E-state index >= 15 is 0 Å². The molecule has 1 fully saturated rings. The predicted octanol–water partition coefficient (Wildman–Crippen LogP) is 1.98. The number of nitrogens with one attached hydrogen (secondary N) is 1. The van der Waals surface area contributed by atoms with Gasteiger partial charge in [-0.15, -0.1) is 0 Å². The van der Waals surface area contributed by atoms with Crippen LogP contribution in [0.5, 0.6) is 0 Å². The second-order valence-electron chi connectivity index (χ2n) is 6.36. The molecule has 7 nitrogen and oxygen atoms in total. The number of imidazole rings is 1. The van der Waals surface area contributed by atoms with E-state index in [1.807, 2.05) is 20.8 Å². The first-order valence-electron chi connectivity index (χ1n) is 7.87. The lowest BCUT2D eigenvalue weighted by Gasteiger charge is -2.17. The van der Waals surface area contributed by atoms with Crippen molar-refractivity contribution in [3.63, 3.8) is 0 Å². The third kappa shape index (κ3) is 2.70. The predicted molar refractivity (Wildman–Crippen MR) is 86.8 cm³/mol. The minimum absolute atomic E-state index is 0.125. The third-order valence-electron chi connectivity index (χ3n) is 4.40. The van der Waals surface area contributed by atoms with E-state index in [-0.39, 0.29) is 12.0 Å². The highest BCUT2D eigenvalue weighted by molar-refractivity contribution is 7.89. The fraction of sp³-hybridized carbons (Fsp3) is 0.600. The van der Waals surface area contributed by atoms with E-state index in [9.17, 15) is 8.42 Å². The highest BCUT2D eigenvalue weighted by atomic mass is 32.2. The van der Waals surface area contributed by atoms with Gasteiger partial charge >= 0.3 is 0 Å². The molecule has 0 spiro atoms. The smallest absolute Gasteiger partial charge is 0.246 e. The van der Waals surface area contributed by atoms with Crippen LogP contribution in [0.1, 0.15) is 49.4 Å². The van der Waals surface area contributed by atoms with Gasteiger partial charge in [-0.1, -0.05) is 0 Å². The van der Waals surface area contributed by atoms with Crippen LogP contribution in [0.2, 0.25) is 0 Å². The molecule has 1 unspecified atom stereocenters. The molecule has 2 aromatic rings. The molecule has 0 radical (unpaired) electrons. The highest BCUT2D eigenvalue weighted by Crippen LogP contribution is 2.32. The Labute approximate surface area is 136 Å². The average molecular weight is 337 g/mol. The summed E-state index contributed by atoms with van der Waals surface area (Å²) in [5.41, 5.74) is 1.27. The Morgan fingerprint density at radius 2 is 2.09 bits per heavy atom. The average Bonchev–Trinajstić information content (AvgIpc) is 3.16. The highest BCUT2D eigenvalue weighted by Gasteiger charge is 2.37. The summed E-state index contributed by atoms with van der Waals surface area (Å²) < 4.78 is 29.5. The minimum Gasteiger partial charge on any atom is -0.348 e. The van der Waals surface area contributed by atoms with Crippen LogP contribution in [0.3, 0.4) is 0 Å². The van der Waals surface area contributed by atoms with Gasteiger partial charge in [-0.25, -0.2) is 13.4 Å². The number of aromatic amines is 1. The molecule has 1 N–H and O–H groups in total. The number of H-pyrrole nitrogens is 1. The maximum atomic E-state index is 13.1. The molecular formula is C15H23N5O2S. The molecule has 23 heavy (non-hydrogen) atoms. The normalized spacial score (nSPS) is 19.8. The zero-order valence-corrected chi connectivity index (χ0v) is 14.8. The molecule has 1 saturated heterocycles. The van der Waals surface area contributed by atoms with Crippen LogP contribution in [0.25, 0.3) is 0 Å². The van der Waals surface area contributed by atoms with E-state index in [1.165, 1.54) is 0 Å². The van der Waals surface area contributed by atoms with Gasteiger partial charge in [0.1, 0.15) is 10.7 Å². The molecule has 0 aromatic carbocycles. The summed E-state index contributed by atoms with van der Waals surface area (Å²) in [6, 6.07) is 0.132. The summed E-state index contributed by atoms with van der Waals surface area (Å²) in [6.07, 6.45) is 4.25. The molecule has 0 amide bonds. The van der Waals surface area contributed by atoms with E-state index in [4.69, 9.17) is 0 Å². The summed E-state index contributed by atoms with van der Waals surface area (Å²) in [5, 5.41) is 4.41. The Morgan fingerprint density at radius 1 is 1.35 bits per heavy atom. The summed E-state index contributed by atoms with van der Waals surface area (Å²) in [6.45, 7) is 8.56. The fourth-order valence-corrected chi connectivity index (χ4v) is 5.18. The van der Waals surface area contributed by atoms with E-state index in [0.29, 0.717) is 29.4 Å². The van der Waals surface area contributed by atoms with E-state index < -0.39 is 10.0 Å². The molecule has 3 rings (SSSR count). The van der Waals surface area contributed by atoms with E-state index in [0.717, 1.165) is 12.2 Å². The number of hydrogen-bond donors (Lipinski definition) is 1. The number of nitrogens with zero attached hydrogens (tertiary/aromatic N) is 4. The second kappa shape index (κ2) is 5.76. The van der Waals surface area contributed by atoms with Crippen LogP contribution >= 0.6 is 0 Å². The van der Waals surface area contributed by atoms with Crippen LogP contribution in [-0.4, -0.2) is 45.6 Å². The molecule has 126 valence electrons. The maximum Gasteiger partial charge on any atom is 0.246 e. The van der Waals surface area contributed by atoms with Gasteiger partial charge in [0, 0.05) is 37.4 Å². The first-order chi connectivity index (χ1) is 10.8. The van der Waals surface area contributed by atoms with Gasteiger partial charge in [-0.2, -0.15) is 9.40 Å². The van der Waals surface area contributed by atoms with E-state index in [2.05, 4.69) is 15.1 Å². The Hall–Kier alpha value is -1.67. The summed E-state index contributed by atoms with van der Waals surface area (Å²) in [4.78, 5) is 7.69. The molecule has 1 aliphatic heterocycles. The lowest BCUT2D eigenvalue weighted by molar-refractivity contribution is 0.469. The molecule has 1 atom stereocenters. The zero-order valence-electron chi connectivity index (χ0n) is 13.9. The third-order valence-corrected chi connectivity index (χ3v) is 6.52. The van der Waals surface area contributed by atoms with Gasteiger partial charge in [-0.3, -0.25) is 4.68 Å². The Balaban J connectivity index is 1.91. The van der Waals surface area contributed by atoms with Crippen LogP contribution in [0.4, 0.5) is 0 Å². The van der Waals surface area contributed by atoms with Crippen LogP contribution in [0, 0.1) is 13.8 Å². The van der Waals surface area contributed by atoms with Crippen LogP contribution < -0.4 is 0 Å². The van der Waals surface area contributed by atoms with Gasteiger partial charge in [0.05, 0.1) is 11.4 Å². The minimum atomic E-state index is -3.53. The standard InChI is InChI=1S/C15H23N5O2S/c1-10(2)20-12(4)14(11(3)18-20)23(21,22)19-8-5-13(9-19)15-16-6-7-17-15/h6-7,10,13H,5,8-9H2,1-4H3,(H,16,17). The monoisotopic (exact) mass is 337 g/mol. The SMILES string of the molecule is Cc1nn(C(C)C)c(C)c1S(=O)(=O)N1CCC(c2ncc[nH]2)C1. The van der Waals surface area contributed by atoms with Crippen molar-refractivity contribution < 1.29 is 8.42 Å². The molecule has 8 heteroatoms. The van der Waals surface area contributed by atoms with Gasteiger partial charge in [0.15, 0.2) is 0 Å². The van der Waals surface area contributed by atoms with Crippen molar-refractivity contribution in [3.05, 3.63) is 29.6 Å². The van der Waals surface area contributed by atoms with Crippen LogP contribution in [-0.2, 0) is 10.0 Å². The molecule has 1 aliphatic rings. The lowest BCUT2D eigenvalue weighted by atomic mass is 10.1. The molecular weight excluding hydrogens is 314 g/mol.